The fourth-order valence-electron chi connectivity index (χ4n) is 4.10. The minimum absolute atomic E-state index is 0.139. The molecule has 182 valence electrons. The Morgan fingerprint density at radius 1 is 1.23 bits per heavy atom. The first-order valence-corrected chi connectivity index (χ1v) is 11.7. The Hall–Kier alpha value is -3.66. The molecule has 3 rings (SSSR count). The van der Waals surface area contributed by atoms with Gasteiger partial charge in [0.15, 0.2) is 0 Å². The Morgan fingerprint density at radius 2 is 1.97 bits per heavy atom. The number of nitrogens with zero attached hydrogens (tertiary/aromatic N) is 4. The van der Waals surface area contributed by atoms with Gasteiger partial charge < -0.3 is 4.90 Å². The van der Waals surface area contributed by atoms with E-state index in [1.54, 1.807) is 23.2 Å². The van der Waals surface area contributed by atoms with Crippen LogP contribution in [0.3, 0.4) is 0 Å². The van der Waals surface area contributed by atoms with Gasteiger partial charge in [-0.25, -0.2) is 18.7 Å². The molecule has 0 aliphatic carbocycles. The molecule has 1 aromatic carbocycles. The average Bonchev–Trinajstić information content (AvgIpc) is 2.88. The normalized spacial score (nSPS) is 16.7. The lowest BCUT2D eigenvalue weighted by atomic mass is 9.75. The van der Waals surface area contributed by atoms with Crippen molar-refractivity contribution in [2.24, 2.45) is 5.41 Å². The van der Waals surface area contributed by atoms with Crippen LogP contribution in [0.2, 0.25) is 0 Å². The third-order valence-corrected chi connectivity index (χ3v) is 6.59. The lowest BCUT2D eigenvalue weighted by Gasteiger charge is -2.37. The van der Waals surface area contributed by atoms with Crippen LogP contribution in [0.15, 0.2) is 66.2 Å². The molecule has 0 unspecified atom stereocenters. The minimum Gasteiger partial charge on any atom is -0.339 e. The van der Waals surface area contributed by atoms with Crippen LogP contribution in [0.5, 0.6) is 0 Å². The van der Waals surface area contributed by atoms with E-state index in [4.69, 9.17) is 0 Å². The maximum absolute atomic E-state index is 14.2. The van der Waals surface area contributed by atoms with Gasteiger partial charge in [0, 0.05) is 30.9 Å². The zero-order chi connectivity index (χ0) is 25.4. The second kappa shape index (κ2) is 11.7. The van der Waals surface area contributed by atoms with Crippen LogP contribution in [0.1, 0.15) is 51.3 Å². The number of carbonyl (C=O) groups excluding carboxylic acids is 1. The van der Waals surface area contributed by atoms with E-state index < -0.39 is 17.0 Å². The predicted molar refractivity (Wildman–Crippen MR) is 132 cm³/mol. The van der Waals surface area contributed by atoms with E-state index in [9.17, 15) is 18.8 Å². The maximum atomic E-state index is 14.2. The topological polar surface area (TPSA) is 69.9 Å². The minimum atomic E-state index is -0.808. The summed E-state index contributed by atoms with van der Waals surface area (Å²) in [6.07, 6.45) is 10.7. The van der Waals surface area contributed by atoms with E-state index in [0.29, 0.717) is 42.8 Å². The number of carbonyl (C=O) groups is 1. The molecule has 1 fully saturated rings. The smallest absolute Gasteiger partial charge is 0.254 e. The molecule has 1 aromatic heterocycles. The first kappa shape index (κ1) is 26.0. The first-order chi connectivity index (χ1) is 16.8. The van der Waals surface area contributed by atoms with Gasteiger partial charge >= 0.3 is 0 Å². The molecule has 2 heterocycles. The van der Waals surface area contributed by atoms with Crippen molar-refractivity contribution in [2.75, 3.05) is 13.1 Å². The molecular formula is C28H30F2N4O. The van der Waals surface area contributed by atoms with Gasteiger partial charge in [0.25, 0.3) is 5.91 Å². The number of rotatable bonds is 7. The van der Waals surface area contributed by atoms with Crippen LogP contribution in [-0.2, 0) is 11.2 Å². The van der Waals surface area contributed by atoms with E-state index >= 15 is 0 Å². The highest BCUT2D eigenvalue weighted by Gasteiger charge is 2.37. The molecule has 7 heteroatoms. The summed E-state index contributed by atoms with van der Waals surface area (Å²) >= 11 is 0. The second-order valence-corrected chi connectivity index (χ2v) is 8.96. The molecule has 1 amide bonds. The number of amides is 1. The number of piperidine rings is 1. The number of benzene rings is 1. The molecule has 2 aromatic rings. The van der Waals surface area contributed by atoms with Crippen molar-refractivity contribution in [3.8, 4) is 6.07 Å². The molecule has 0 spiro atoms. The monoisotopic (exact) mass is 476 g/mol. The maximum Gasteiger partial charge on any atom is 0.254 e. The molecule has 0 saturated carbocycles. The van der Waals surface area contributed by atoms with Crippen LogP contribution >= 0.6 is 0 Å². The number of nitriles is 1. The standard InChI is InChI=1S/C28H30F2N4O/c1-4-20(2)6-5-7-24(21(3)26-10-13-32-19-33-26)27(35)34-14-11-28(18-31,12-15-34)17-22-8-9-23(29)16-25(22)30/h5-10,13,16,19H,4,11-12,14-15,17H2,1-3H3/b7-5-,20-6+,24-21-. The summed E-state index contributed by atoms with van der Waals surface area (Å²) in [5, 5.41) is 9.92. The van der Waals surface area contributed by atoms with Crippen molar-refractivity contribution in [1.29, 1.82) is 5.26 Å². The van der Waals surface area contributed by atoms with Crippen molar-refractivity contribution in [2.45, 2.75) is 46.5 Å². The number of halogens is 2. The van der Waals surface area contributed by atoms with Gasteiger partial charge in [-0.1, -0.05) is 30.7 Å². The van der Waals surface area contributed by atoms with Crippen molar-refractivity contribution >= 4 is 11.5 Å². The first-order valence-electron chi connectivity index (χ1n) is 11.7. The second-order valence-electron chi connectivity index (χ2n) is 8.96. The molecular weight excluding hydrogens is 446 g/mol. The van der Waals surface area contributed by atoms with Gasteiger partial charge in [-0.05, 0) is 68.9 Å². The van der Waals surface area contributed by atoms with E-state index in [1.807, 2.05) is 26.0 Å². The van der Waals surface area contributed by atoms with Crippen LogP contribution < -0.4 is 0 Å². The molecule has 5 nitrogen and oxygen atoms in total. The van der Waals surface area contributed by atoms with E-state index in [0.717, 1.165) is 18.1 Å². The van der Waals surface area contributed by atoms with Gasteiger partial charge in [0.05, 0.1) is 17.2 Å². The Morgan fingerprint density at radius 3 is 2.57 bits per heavy atom. The van der Waals surface area contributed by atoms with E-state index in [1.165, 1.54) is 24.0 Å². The van der Waals surface area contributed by atoms with E-state index in [2.05, 4.69) is 23.0 Å². The number of allylic oxidation sites excluding steroid dienone is 4. The summed E-state index contributed by atoms with van der Waals surface area (Å²) in [4.78, 5) is 23.6. The Bertz CT molecular complexity index is 1190. The third kappa shape index (κ3) is 6.48. The van der Waals surface area contributed by atoms with Crippen molar-refractivity contribution in [3.05, 3.63) is 89.1 Å². The van der Waals surface area contributed by atoms with Gasteiger partial charge in [-0.2, -0.15) is 5.26 Å². The molecule has 1 aliphatic heterocycles. The van der Waals surface area contributed by atoms with Crippen LogP contribution in [0.4, 0.5) is 8.78 Å². The highest BCUT2D eigenvalue weighted by atomic mass is 19.1. The van der Waals surface area contributed by atoms with Gasteiger partial charge in [-0.15, -0.1) is 0 Å². The van der Waals surface area contributed by atoms with Crippen LogP contribution in [0, 0.1) is 28.4 Å². The Labute approximate surface area is 205 Å². The SMILES string of the molecule is CC/C(C)=C/C=C\C(C(=O)N1CCC(C#N)(Cc2ccc(F)cc2F)CC1)=C(/C)c1ccncn1. The summed E-state index contributed by atoms with van der Waals surface area (Å²) < 4.78 is 27.5. The number of hydrogen-bond acceptors (Lipinski definition) is 4. The molecule has 1 saturated heterocycles. The summed E-state index contributed by atoms with van der Waals surface area (Å²) in [7, 11) is 0. The lowest BCUT2D eigenvalue weighted by molar-refractivity contribution is -0.128. The zero-order valence-electron chi connectivity index (χ0n) is 20.4. The fraction of sp³-hybridized carbons (Fsp3) is 0.357. The highest BCUT2D eigenvalue weighted by molar-refractivity contribution is 6.03. The molecule has 35 heavy (non-hydrogen) atoms. The van der Waals surface area contributed by atoms with Crippen LogP contribution in [0.25, 0.3) is 5.57 Å². The molecule has 0 atom stereocenters. The quantitative estimate of drug-likeness (QED) is 0.373. The Kier molecular flexibility index (Phi) is 8.64. The number of likely N-dealkylation sites (tertiary alicyclic amines) is 1. The van der Waals surface area contributed by atoms with Gasteiger partial charge in [0.1, 0.15) is 18.0 Å². The van der Waals surface area contributed by atoms with Crippen LogP contribution in [-0.4, -0.2) is 33.9 Å². The molecule has 0 radical (unpaired) electrons. The van der Waals surface area contributed by atoms with Gasteiger partial charge in [0.2, 0.25) is 0 Å². The summed E-state index contributed by atoms with van der Waals surface area (Å²) in [5.74, 6) is -1.43. The fourth-order valence-corrected chi connectivity index (χ4v) is 4.10. The molecule has 0 bridgehead atoms. The van der Waals surface area contributed by atoms with Crippen molar-refractivity contribution < 1.29 is 13.6 Å². The van der Waals surface area contributed by atoms with Gasteiger partial charge in [-0.3, -0.25) is 4.79 Å². The predicted octanol–water partition coefficient (Wildman–Crippen LogP) is 5.82. The highest BCUT2D eigenvalue weighted by Crippen LogP contribution is 2.36. The average molecular weight is 477 g/mol. The summed E-state index contributed by atoms with van der Waals surface area (Å²) in [5.41, 5.74) is 2.63. The Balaban J connectivity index is 1.82. The number of hydrogen-bond donors (Lipinski definition) is 0. The molecule has 0 N–H and O–H groups in total. The van der Waals surface area contributed by atoms with Crippen molar-refractivity contribution in [1.82, 2.24) is 14.9 Å². The summed E-state index contributed by atoms with van der Waals surface area (Å²) in [6.45, 7) is 6.70. The van der Waals surface area contributed by atoms with Crippen molar-refractivity contribution in [3.63, 3.8) is 0 Å². The zero-order valence-corrected chi connectivity index (χ0v) is 20.4. The van der Waals surface area contributed by atoms with E-state index in [-0.39, 0.29) is 12.3 Å². The largest absolute Gasteiger partial charge is 0.339 e. The molecule has 1 aliphatic rings. The lowest BCUT2D eigenvalue weighted by Crippen LogP contribution is -2.44. The number of aromatic nitrogens is 2. The third-order valence-electron chi connectivity index (χ3n) is 6.59. The summed E-state index contributed by atoms with van der Waals surface area (Å²) in [6, 6.07) is 7.55.